The Morgan fingerprint density at radius 1 is 1.15 bits per heavy atom. The first-order chi connectivity index (χ1) is 9.59. The van der Waals surface area contributed by atoms with Crippen molar-refractivity contribution < 1.29 is 4.79 Å². The molecule has 0 aromatic rings. The zero-order valence-corrected chi connectivity index (χ0v) is 12.9. The van der Waals surface area contributed by atoms with Crippen LogP contribution in [0.3, 0.4) is 0 Å². The van der Waals surface area contributed by atoms with Crippen LogP contribution in [0.5, 0.6) is 0 Å². The Labute approximate surface area is 122 Å². The van der Waals surface area contributed by atoms with Crippen LogP contribution in [0.25, 0.3) is 0 Å². The molecule has 0 N–H and O–H groups in total. The maximum atomic E-state index is 12.8. The number of carbonyl (C=O) groups excluding carboxylic acids is 1. The lowest BCUT2D eigenvalue weighted by Gasteiger charge is -2.38. The Morgan fingerprint density at radius 3 is 2.15 bits per heavy atom. The Kier molecular flexibility index (Phi) is 5.04. The number of hydrogen-bond acceptors (Lipinski definition) is 3. The van der Waals surface area contributed by atoms with E-state index in [0.717, 1.165) is 51.6 Å². The van der Waals surface area contributed by atoms with Crippen LogP contribution in [0.2, 0.25) is 0 Å². The molecule has 1 aliphatic carbocycles. The molecule has 4 heteroatoms. The van der Waals surface area contributed by atoms with E-state index in [-0.39, 0.29) is 5.91 Å². The van der Waals surface area contributed by atoms with Crippen molar-refractivity contribution in [1.29, 1.82) is 5.26 Å². The summed E-state index contributed by atoms with van der Waals surface area (Å²) in [4.78, 5) is 17.0. The van der Waals surface area contributed by atoms with Crippen molar-refractivity contribution in [3.8, 4) is 6.07 Å². The van der Waals surface area contributed by atoms with E-state index in [4.69, 9.17) is 0 Å². The molecule has 0 unspecified atom stereocenters. The smallest absolute Gasteiger partial charge is 0.243 e. The van der Waals surface area contributed by atoms with E-state index >= 15 is 0 Å². The summed E-state index contributed by atoms with van der Waals surface area (Å²) in [6, 6.07) is 2.96. The predicted molar refractivity (Wildman–Crippen MR) is 79.0 cm³/mol. The second-order valence-corrected chi connectivity index (χ2v) is 6.60. The summed E-state index contributed by atoms with van der Waals surface area (Å²) in [5, 5.41) is 9.60. The molecular formula is C16H27N3O. The fourth-order valence-corrected chi connectivity index (χ4v) is 3.59. The molecule has 0 radical (unpaired) electrons. The van der Waals surface area contributed by atoms with Gasteiger partial charge in [0.15, 0.2) is 0 Å². The van der Waals surface area contributed by atoms with Crippen molar-refractivity contribution in [1.82, 2.24) is 9.80 Å². The maximum absolute atomic E-state index is 12.8. The minimum absolute atomic E-state index is 0.110. The third kappa shape index (κ3) is 3.15. The first kappa shape index (κ1) is 15.3. The highest BCUT2D eigenvalue weighted by Gasteiger charge is 2.42. The van der Waals surface area contributed by atoms with Crippen molar-refractivity contribution in [2.24, 2.45) is 5.41 Å². The first-order valence-corrected chi connectivity index (χ1v) is 7.96. The van der Waals surface area contributed by atoms with E-state index in [2.05, 4.69) is 25.1 Å². The fourth-order valence-electron chi connectivity index (χ4n) is 3.59. The van der Waals surface area contributed by atoms with Gasteiger partial charge < -0.3 is 9.80 Å². The Bertz CT molecular complexity index is 370. The van der Waals surface area contributed by atoms with Gasteiger partial charge in [0.1, 0.15) is 5.41 Å². The number of piperidine rings is 1. The van der Waals surface area contributed by atoms with Crippen LogP contribution in [0, 0.1) is 16.7 Å². The largest absolute Gasteiger partial charge is 0.341 e. The van der Waals surface area contributed by atoms with Gasteiger partial charge in [0.05, 0.1) is 6.07 Å². The molecule has 0 aromatic heterocycles. The Hall–Kier alpha value is -1.08. The number of hydrogen-bond donors (Lipinski definition) is 0. The molecule has 20 heavy (non-hydrogen) atoms. The van der Waals surface area contributed by atoms with Crippen molar-refractivity contribution in [2.75, 3.05) is 27.2 Å². The molecule has 1 saturated heterocycles. The monoisotopic (exact) mass is 277 g/mol. The van der Waals surface area contributed by atoms with Crippen molar-refractivity contribution in [3.05, 3.63) is 0 Å². The molecular weight excluding hydrogens is 250 g/mol. The van der Waals surface area contributed by atoms with Gasteiger partial charge >= 0.3 is 0 Å². The number of nitrogens with zero attached hydrogens (tertiary/aromatic N) is 3. The van der Waals surface area contributed by atoms with E-state index in [1.807, 2.05) is 4.90 Å². The average molecular weight is 277 g/mol. The zero-order valence-electron chi connectivity index (χ0n) is 12.9. The van der Waals surface area contributed by atoms with E-state index in [1.165, 1.54) is 12.8 Å². The van der Waals surface area contributed by atoms with Crippen LogP contribution in [-0.4, -0.2) is 48.9 Å². The van der Waals surface area contributed by atoms with Crippen molar-refractivity contribution in [3.63, 3.8) is 0 Å². The quantitative estimate of drug-likeness (QED) is 0.728. The standard InChI is InChI=1S/C16H27N3O/c1-18(2)14-7-11-19(12-8-14)15(20)16(13-17)9-5-3-4-6-10-16/h14H,3-12H2,1-2H3. The zero-order chi connectivity index (χ0) is 14.6. The molecule has 1 aliphatic heterocycles. The summed E-state index contributed by atoms with van der Waals surface area (Å²) in [6.07, 6.45) is 7.95. The second-order valence-electron chi connectivity index (χ2n) is 6.60. The van der Waals surface area contributed by atoms with Gasteiger partial charge in [0.25, 0.3) is 0 Å². The van der Waals surface area contributed by atoms with Crippen molar-refractivity contribution in [2.45, 2.75) is 57.4 Å². The lowest BCUT2D eigenvalue weighted by atomic mass is 9.80. The number of rotatable bonds is 2. The second kappa shape index (κ2) is 6.58. The van der Waals surface area contributed by atoms with Crippen LogP contribution in [0.1, 0.15) is 51.4 Å². The van der Waals surface area contributed by atoms with Crippen LogP contribution in [-0.2, 0) is 4.79 Å². The molecule has 0 atom stereocenters. The Balaban J connectivity index is 2.01. The molecule has 1 saturated carbocycles. The van der Waals surface area contributed by atoms with Crippen LogP contribution in [0.15, 0.2) is 0 Å². The summed E-state index contributed by atoms with van der Waals surface area (Å²) < 4.78 is 0. The molecule has 112 valence electrons. The third-order valence-electron chi connectivity index (χ3n) is 5.06. The van der Waals surface area contributed by atoms with E-state index in [9.17, 15) is 10.1 Å². The summed E-state index contributed by atoms with van der Waals surface area (Å²) in [6.45, 7) is 1.62. The molecule has 0 aromatic carbocycles. The SMILES string of the molecule is CN(C)C1CCN(C(=O)C2(C#N)CCCCCC2)CC1. The Morgan fingerprint density at radius 2 is 1.70 bits per heavy atom. The third-order valence-corrected chi connectivity index (χ3v) is 5.06. The fraction of sp³-hybridized carbons (Fsp3) is 0.875. The molecule has 2 aliphatic rings. The summed E-state index contributed by atoms with van der Waals surface area (Å²) in [7, 11) is 4.20. The molecule has 4 nitrogen and oxygen atoms in total. The number of carbonyl (C=O) groups is 1. The normalized spacial score (nSPS) is 24.2. The highest BCUT2D eigenvalue weighted by Crippen LogP contribution is 2.37. The van der Waals surface area contributed by atoms with Crippen LogP contribution >= 0.6 is 0 Å². The van der Waals surface area contributed by atoms with Crippen molar-refractivity contribution >= 4 is 5.91 Å². The van der Waals surface area contributed by atoms with Gasteiger partial charge in [-0.3, -0.25) is 4.79 Å². The van der Waals surface area contributed by atoms with Gasteiger partial charge in [-0.15, -0.1) is 0 Å². The molecule has 0 bridgehead atoms. The van der Waals surface area contributed by atoms with Gasteiger partial charge in [-0.2, -0.15) is 5.26 Å². The lowest BCUT2D eigenvalue weighted by Crippen LogP contribution is -2.49. The lowest BCUT2D eigenvalue weighted by molar-refractivity contribution is -0.141. The summed E-state index contributed by atoms with van der Waals surface area (Å²) in [5.74, 6) is 0.110. The van der Waals surface area contributed by atoms with E-state index < -0.39 is 5.41 Å². The highest BCUT2D eigenvalue weighted by atomic mass is 16.2. The van der Waals surface area contributed by atoms with Gasteiger partial charge in [0, 0.05) is 19.1 Å². The average Bonchev–Trinajstić information content (AvgIpc) is 2.73. The molecule has 1 heterocycles. The molecule has 0 spiro atoms. The van der Waals surface area contributed by atoms with E-state index in [1.54, 1.807) is 0 Å². The van der Waals surface area contributed by atoms with Gasteiger partial charge in [-0.1, -0.05) is 25.7 Å². The minimum atomic E-state index is -0.721. The number of nitriles is 1. The van der Waals surface area contributed by atoms with Crippen LogP contribution in [0.4, 0.5) is 0 Å². The first-order valence-electron chi connectivity index (χ1n) is 7.96. The topological polar surface area (TPSA) is 47.3 Å². The van der Waals surface area contributed by atoms with Gasteiger partial charge in [-0.05, 0) is 39.8 Å². The molecule has 2 rings (SSSR count). The highest BCUT2D eigenvalue weighted by molar-refractivity contribution is 5.85. The number of amides is 1. The number of likely N-dealkylation sites (tertiary alicyclic amines) is 1. The summed E-state index contributed by atoms with van der Waals surface area (Å²) in [5.41, 5.74) is -0.721. The molecule has 2 fully saturated rings. The predicted octanol–water partition coefficient (Wildman–Crippen LogP) is 2.40. The van der Waals surface area contributed by atoms with Crippen LogP contribution < -0.4 is 0 Å². The van der Waals surface area contributed by atoms with Gasteiger partial charge in [0.2, 0.25) is 5.91 Å². The summed E-state index contributed by atoms with van der Waals surface area (Å²) >= 11 is 0. The maximum Gasteiger partial charge on any atom is 0.243 e. The van der Waals surface area contributed by atoms with E-state index in [0.29, 0.717) is 6.04 Å². The van der Waals surface area contributed by atoms with Gasteiger partial charge in [-0.25, -0.2) is 0 Å². The minimum Gasteiger partial charge on any atom is -0.341 e. The molecule has 1 amide bonds.